The molecule has 1 atom stereocenters. The monoisotopic (exact) mass is 293 g/mol. The number of hydrogen-bond donors (Lipinski definition) is 3. The Morgan fingerprint density at radius 3 is 2.67 bits per heavy atom. The lowest BCUT2D eigenvalue weighted by molar-refractivity contribution is -0.143. The smallest absolute Gasteiger partial charge is 0.329 e. The lowest BCUT2D eigenvalue weighted by Crippen LogP contribution is -2.53. The zero-order chi connectivity index (χ0) is 16.0. The molecule has 21 heavy (non-hydrogen) atoms. The van der Waals surface area contributed by atoms with Gasteiger partial charge in [-0.2, -0.15) is 5.26 Å². The highest BCUT2D eigenvalue weighted by molar-refractivity contribution is 5.93. The molecular formula is C14H16FN3O3. The first kappa shape index (κ1) is 16.4. The van der Waals surface area contributed by atoms with E-state index in [9.17, 15) is 14.0 Å². The fourth-order valence-corrected chi connectivity index (χ4v) is 1.82. The van der Waals surface area contributed by atoms with E-state index in [4.69, 9.17) is 10.4 Å². The number of carboxylic acid groups (broad SMARTS) is 1. The zero-order valence-electron chi connectivity index (χ0n) is 11.7. The van der Waals surface area contributed by atoms with Crippen molar-refractivity contribution in [1.29, 1.82) is 5.26 Å². The minimum absolute atomic E-state index is 0.203. The van der Waals surface area contributed by atoms with Crippen molar-refractivity contribution in [2.45, 2.75) is 32.2 Å². The molecule has 0 saturated heterocycles. The number of amides is 2. The second kappa shape index (κ2) is 6.70. The number of nitriles is 1. The quantitative estimate of drug-likeness (QED) is 0.776. The maximum absolute atomic E-state index is 13.2. The molecule has 1 aromatic rings. The number of carboxylic acids is 1. The molecule has 0 saturated carbocycles. The largest absolute Gasteiger partial charge is 0.480 e. The molecule has 112 valence electrons. The number of urea groups is 1. The summed E-state index contributed by atoms with van der Waals surface area (Å²) in [5.41, 5.74) is -1.39. The summed E-state index contributed by atoms with van der Waals surface area (Å²) in [6, 6.07) is 4.43. The Morgan fingerprint density at radius 2 is 2.14 bits per heavy atom. The average molecular weight is 293 g/mol. The van der Waals surface area contributed by atoms with Crippen LogP contribution in [0.5, 0.6) is 0 Å². The van der Waals surface area contributed by atoms with Crippen LogP contribution in [0.15, 0.2) is 18.2 Å². The van der Waals surface area contributed by atoms with Crippen molar-refractivity contribution in [3.8, 4) is 6.07 Å². The third kappa shape index (κ3) is 4.18. The van der Waals surface area contributed by atoms with E-state index >= 15 is 0 Å². The summed E-state index contributed by atoms with van der Waals surface area (Å²) < 4.78 is 13.2. The van der Waals surface area contributed by atoms with E-state index in [2.05, 4.69) is 10.6 Å². The molecule has 2 amide bonds. The molecule has 1 unspecified atom stereocenters. The van der Waals surface area contributed by atoms with Crippen LogP contribution in [0.2, 0.25) is 0 Å². The lowest BCUT2D eigenvalue weighted by Gasteiger charge is -2.25. The molecule has 0 aliphatic carbocycles. The highest BCUT2D eigenvalue weighted by Crippen LogP contribution is 2.16. The van der Waals surface area contributed by atoms with E-state index in [1.54, 1.807) is 13.0 Å². The molecule has 0 aliphatic heterocycles. The van der Waals surface area contributed by atoms with Crippen LogP contribution < -0.4 is 10.6 Å². The zero-order valence-corrected chi connectivity index (χ0v) is 11.7. The first-order valence-electron chi connectivity index (χ1n) is 6.34. The van der Waals surface area contributed by atoms with Crippen LogP contribution in [0, 0.1) is 17.1 Å². The molecule has 0 bridgehead atoms. The highest BCUT2D eigenvalue weighted by Gasteiger charge is 2.33. The molecule has 1 aromatic carbocycles. The molecule has 6 nitrogen and oxygen atoms in total. The van der Waals surface area contributed by atoms with Crippen LogP contribution in [0.1, 0.15) is 32.3 Å². The number of anilines is 1. The Hall–Kier alpha value is -2.62. The van der Waals surface area contributed by atoms with E-state index in [1.807, 2.05) is 0 Å². The van der Waals surface area contributed by atoms with Gasteiger partial charge in [-0.3, -0.25) is 0 Å². The van der Waals surface area contributed by atoms with Gasteiger partial charge in [0.05, 0.1) is 5.56 Å². The van der Waals surface area contributed by atoms with Crippen molar-refractivity contribution in [1.82, 2.24) is 5.32 Å². The molecule has 1 rings (SSSR count). The van der Waals surface area contributed by atoms with E-state index in [-0.39, 0.29) is 17.7 Å². The molecular weight excluding hydrogens is 277 g/mol. The summed E-state index contributed by atoms with van der Waals surface area (Å²) in [4.78, 5) is 23.0. The molecule has 0 radical (unpaired) electrons. The summed E-state index contributed by atoms with van der Waals surface area (Å²) in [6.45, 7) is 3.21. The number of aliphatic carboxylic acids is 1. The Labute approximate surface area is 121 Å². The first-order chi connectivity index (χ1) is 9.82. The summed E-state index contributed by atoms with van der Waals surface area (Å²) >= 11 is 0. The summed E-state index contributed by atoms with van der Waals surface area (Å²) in [7, 11) is 0. The third-order valence-corrected chi connectivity index (χ3v) is 2.96. The van der Waals surface area contributed by atoms with Crippen LogP contribution in [0.25, 0.3) is 0 Å². The predicted molar refractivity (Wildman–Crippen MR) is 74.2 cm³/mol. The van der Waals surface area contributed by atoms with Crippen molar-refractivity contribution >= 4 is 17.7 Å². The van der Waals surface area contributed by atoms with Gasteiger partial charge in [0.15, 0.2) is 0 Å². The van der Waals surface area contributed by atoms with Crippen LogP contribution in [-0.2, 0) is 4.79 Å². The van der Waals surface area contributed by atoms with Crippen LogP contribution in [-0.4, -0.2) is 22.6 Å². The fraction of sp³-hybridized carbons (Fsp3) is 0.357. The number of carbonyl (C=O) groups excluding carboxylic acids is 1. The number of rotatable bonds is 5. The second-order valence-corrected chi connectivity index (χ2v) is 4.77. The van der Waals surface area contributed by atoms with Crippen molar-refractivity contribution in [2.75, 3.05) is 5.32 Å². The van der Waals surface area contributed by atoms with Crippen molar-refractivity contribution in [3.63, 3.8) is 0 Å². The topological polar surface area (TPSA) is 102 Å². The number of nitrogens with one attached hydrogen (secondary N) is 2. The van der Waals surface area contributed by atoms with Crippen molar-refractivity contribution < 1.29 is 19.1 Å². The number of halogens is 1. The summed E-state index contributed by atoms with van der Waals surface area (Å²) in [5.74, 6) is -1.83. The maximum atomic E-state index is 13.2. The van der Waals surface area contributed by atoms with Crippen LogP contribution >= 0.6 is 0 Å². The average Bonchev–Trinajstić information content (AvgIpc) is 2.40. The van der Waals surface area contributed by atoms with Crippen LogP contribution in [0.4, 0.5) is 14.9 Å². The van der Waals surface area contributed by atoms with E-state index in [0.29, 0.717) is 6.42 Å². The normalized spacial score (nSPS) is 12.9. The van der Waals surface area contributed by atoms with Gasteiger partial charge in [-0.15, -0.1) is 0 Å². The molecule has 0 aliphatic rings. The van der Waals surface area contributed by atoms with Gasteiger partial charge >= 0.3 is 12.0 Å². The standard InChI is InChI=1S/C14H16FN3O3/c1-3-6-14(2,12(19)20)18-13(21)17-10-4-5-11(15)9(7-10)8-16/h4-5,7H,3,6H2,1-2H3,(H,19,20)(H2,17,18,21). The van der Waals surface area contributed by atoms with Crippen molar-refractivity contribution in [3.05, 3.63) is 29.6 Å². The number of benzene rings is 1. The molecule has 0 spiro atoms. The lowest BCUT2D eigenvalue weighted by atomic mass is 9.97. The number of carbonyl (C=O) groups is 2. The Morgan fingerprint density at radius 1 is 1.48 bits per heavy atom. The Balaban J connectivity index is 2.82. The summed E-state index contributed by atoms with van der Waals surface area (Å²) in [6.07, 6.45) is 0.848. The SMILES string of the molecule is CCCC(C)(NC(=O)Nc1ccc(F)c(C#N)c1)C(=O)O. The van der Waals surface area contributed by atoms with Gasteiger partial charge in [-0.1, -0.05) is 13.3 Å². The van der Waals surface area contributed by atoms with Gasteiger partial charge in [-0.05, 0) is 31.5 Å². The fourth-order valence-electron chi connectivity index (χ4n) is 1.82. The van der Waals surface area contributed by atoms with Gasteiger partial charge in [0.25, 0.3) is 0 Å². The molecule has 0 aromatic heterocycles. The molecule has 0 heterocycles. The minimum atomic E-state index is -1.39. The second-order valence-electron chi connectivity index (χ2n) is 4.77. The van der Waals surface area contributed by atoms with E-state index < -0.39 is 23.4 Å². The molecule has 3 N–H and O–H groups in total. The Bertz CT molecular complexity index is 598. The molecule has 0 fully saturated rings. The van der Waals surface area contributed by atoms with Gasteiger partial charge in [0, 0.05) is 5.69 Å². The van der Waals surface area contributed by atoms with Gasteiger partial charge < -0.3 is 15.7 Å². The number of hydrogen-bond acceptors (Lipinski definition) is 3. The third-order valence-electron chi connectivity index (χ3n) is 2.96. The maximum Gasteiger partial charge on any atom is 0.329 e. The summed E-state index contributed by atoms with van der Waals surface area (Å²) in [5, 5.41) is 22.6. The predicted octanol–water partition coefficient (Wildman–Crippen LogP) is 2.46. The van der Waals surface area contributed by atoms with Gasteiger partial charge in [0.1, 0.15) is 17.4 Å². The molecule has 7 heteroatoms. The Kier molecular flexibility index (Phi) is 5.24. The van der Waals surface area contributed by atoms with E-state index in [0.717, 1.165) is 6.07 Å². The van der Waals surface area contributed by atoms with Gasteiger partial charge in [0.2, 0.25) is 0 Å². The minimum Gasteiger partial charge on any atom is -0.480 e. The number of nitrogens with zero attached hydrogens (tertiary/aromatic N) is 1. The highest BCUT2D eigenvalue weighted by atomic mass is 19.1. The van der Waals surface area contributed by atoms with E-state index in [1.165, 1.54) is 19.1 Å². The van der Waals surface area contributed by atoms with Crippen LogP contribution in [0.3, 0.4) is 0 Å². The van der Waals surface area contributed by atoms with Crippen molar-refractivity contribution in [2.24, 2.45) is 0 Å². The first-order valence-corrected chi connectivity index (χ1v) is 6.34. The van der Waals surface area contributed by atoms with Gasteiger partial charge in [-0.25, -0.2) is 14.0 Å².